The summed E-state index contributed by atoms with van der Waals surface area (Å²) in [6.07, 6.45) is 1.04. The first-order valence-electron chi connectivity index (χ1n) is 8.83. The number of nitrogens with zero attached hydrogens (tertiary/aromatic N) is 1. The summed E-state index contributed by atoms with van der Waals surface area (Å²) < 4.78 is 30.6. The van der Waals surface area contributed by atoms with Crippen LogP contribution in [0.2, 0.25) is 0 Å². The highest BCUT2D eigenvalue weighted by atomic mass is 32.2. The van der Waals surface area contributed by atoms with Crippen molar-refractivity contribution in [1.82, 2.24) is 9.62 Å². The monoisotopic (exact) mass is 390 g/mol. The van der Waals surface area contributed by atoms with E-state index >= 15 is 0 Å². The molecule has 1 amide bonds. The van der Waals surface area contributed by atoms with Gasteiger partial charge in [0.25, 0.3) is 0 Å². The van der Waals surface area contributed by atoms with Crippen LogP contribution in [0.15, 0.2) is 53.4 Å². The van der Waals surface area contributed by atoms with Crippen LogP contribution in [0.3, 0.4) is 0 Å². The van der Waals surface area contributed by atoms with E-state index < -0.39 is 10.0 Å². The lowest BCUT2D eigenvalue weighted by Gasteiger charge is -2.12. The van der Waals surface area contributed by atoms with Crippen LogP contribution in [0.4, 0.5) is 0 Å². The molecule has 0 aliphatic carbocycles. The van der Waals surface area contributed by atoms with Gasteiger partial charge in [-0.05, 0) is 48.7 Å². The van der Waals surface area contributed by atoms with Gasteiger partial charge in [-0.1, -0.05) is 24.3 Å². The van der Waals surface area contributed by atoms with Gasteiger partial charge in [-0.3, -0.25) is 4.79 Å². The van der Waals surface area contributed by atoms with Gasteiger partial charge in [-0.15, -0.1) is 0 Å². The summed E-state index contributed by atoms with van der Waals surface area (Å²) in [6.45, 7) is 2.93. The molecule has 1 N–H and O–H groups in total. The molecule has 0 radical (unpaired) electrons. The van der Waals surface area contributed by atoms with Crippen LogP contribution in [0.1, 0.15) is 24.5 Å². The van der Waals surface area contributed by atoms with E-state index in [4.69, 9.17) is 4.74 Å². The van der Waals surface area contributed by atoms with E-state index in [1.807, 2.05) is 31.2 Å². The van der Waals surface area contributed by atoms with Crippen LogP contribution >= 0.6 is 0 Å². The maximum atomic E-state index is 12.0. The summed E-state index contributed by atoms with van der Waals surface area (Å²) in [7, 11) is -0.446. The molecule has 0 fully saturated rings. The minimum atomic E-state index is -3.43. The molecule has 0 saturated heterocycles. The second-order valence-corrected chi connectivity index (χ2v) is 8.44. The van der Waals surface area contributed by atoms with Gasteiger partial charge >= 0.3 is 0 Å². The number of benzene rings is 2. The zero-order chi connectivity index (χ0) is 19.9. The lowest BCUT2D eigenvalue weighted by Crippen LogP contribution is -2.23. The SMILES string of the molecule is CCOc1ccc(CCC(=O)NCc2ccc(S(=O)(=O)N(C)C)cc2)cc1. The number of rotatable bonds is 9. The Morgan fingerprint density at radius 3 is 2.15 bits per heavy atom. The summed E-state index contributed by atoms with van der Waals surface area (Å²) in [5.74, 6) is 0.777. The molecule has 146 valence electrons. The molecule has 0 unspecified atom stereocenters. The summed E-state index contributed by atoms with van der Waals surface area (Å²) >= 11 is 0. The van der Waals surface area contributed by atoms with Crippen molar-refractivity contribution >= 4 is 15.9 Å². The quantitative estimate of drug-likeness (QED) is 0.714. The van der Waals surface area contributed by atoms with Crippen molar-refractivity contribution in [3.05, 3.63) is 59.7 Å². The van der Waals surface area contributed by atoms with Gasteiger partial charge in [0.15, 0.2) is 0 Å². The molecule has 2 aromatic rings. The zero-order valence-electron chi connectivity index (χ0n) is 15.9. The molecule has 0 aliphatic rings. The number of hydrogen-bond donors (Lipinski definition) is 1. The van der Waals surface area contributed by atoms with Crippen molar-refractivity contribution in [2.75, 3.05) is 20.7 Å². The third-order valence-electron chi connectivity index (χ3n) is 4.07. The van der Waals surface area contributed by atoms with E-state index in [1.165, 1.54) is 18.4 Å². The Morgan fingerprint density at radius 2 is 1.59 bits per heavy atom. The van der Waals surface area contributed by atoms with E-state index in [9.17, 15) is 13.2 Å². The first kappa shape index (κ1) is 20.9. The van der Waals surface area contributed by atoms with Gasteiger partial charge in [-0.2, -0.15) is 0 Å². The maximum absolute atomic E-state index is 12.0. The second kappa shape index (κ2) is 9.53. The normalized spacial score (nSPS) is 11.4. The van der Waals surface area contributed by atoms with Crippen LogP contribution in [-0.2, 0) is 27.8 Å². The van der Waals surface area contributed by atoms with Crippen LogP contribution in [0.25, 0.3) is 0 Å². The summed E-state index contributed by atoms with van der Waals surface area (Å²) in [4.78, 5) is 12.3. The highest BCUT2D eigenvalue weighted by Gasteiger charge is 2.16. The molecule has 7 heteroatoms. The minimum absolute atomic E-state index is 0.0473. The zero-order valence-corrected chi connectivity index (χ0v) is 16.8. The average Bonchev–Trinajstić information content (AvgIpc) is 2.66. The van der Waals surface area contributed by atoms with Gasteiger partial charge in [0.2, 0.25) is 15.9 Å². The number of aryl methyl sites for hydroxylation is 1. The largest absolute Gasteiger partial charge is 0.494 e. The smallest absolute Gasteiger partial charge is 0.242 e. The number of nitrogens with one attached hydrogen (secondary N) is 1. The highest BCUT2D eigenvalue weighted by molar-refractivity contribution is 7.89. The van der Waals surface area contributed by atoms with Gasteiger partial charge in [-0.25, -0.2) is 12.7 Å². The van der Waals surface area contributed by atoms with Crippen molar-refractivity contribution in [3.8, 4) is 5.75 Å². The van der Waals surface area contributed by atoms with Crippen LogP contribution in [0.5, 0.6) is 5.75 Å². The summed E-state index contributed by atoms with van der Waals surface area (Å²) in [5.41, 5.74) is 1.92. The number of carbonyl (C=O) groups is 1. The molecular weight excluding hydrogens is 364 g/mol. The predicted octanol–water partition coefficient (Wildman–Crippen LogP) is 2.58. The number of sulfonamides is 1. The fraction of sp³-hybridized carbons (Fsp3) is 0.350. The van der Waals surface area contributed by atoms with Gasteiger partial charge < -0.3 is 10.1 Å². The molecule has 0 saturated carbocycles. The van der Waals surface area contributed by atoms with Crippen molar-refractivity contribution in [2.24, 2.45) is 0 Å². The molecule has 2 rings (SSSR count). The third-order valence-corrected chi connectivity index (χ3v) is 5.90. The van der Waals surface area contributed by atoms with Crippen molar-refractivity contribution in [1.29, 1.82) is 0 Å². The number of carbonyl (C=O) groups excluding carboxylic acids is 1. The standard InChI is InChI=1S/C20H26N2O4S/c1-4-26-18-10-5-16(6-11-18)9-14-20(23)21-15-17-7-12-19(13-8-17)27(24,25)22(2)3/h5-8,10-13H,4,9,14-15H2,1-3H3,(H,21,23). The molecule has 0 spiro atoms. The number of ether oxygens (including phenoxy) is 1. The van der Waals surface area contributed by atoms with E-state index in [0.717, 1.165) is 16.9 Å². The highest BCUT2D eigenvalue weighted by Crippen LogP contribution is 2.15. The maximum Gasteiger partial charge on any atom is 0.242 e. The first-order valence-corrected chi connectivity index (χ1v) is 10.3. The van der Waals surface area contributed by atoms with Gasteiger partial charge in [0.05, 0.1) is 11.5 Å². The number of hydrogen-bond acceptors (Lipinski definition) is 4. The van der Waals surface area contributed by atoms with Crippen LogP contribution in [-0.4, -0.2) is 39.3 Å². The Hall–Kier alpha value is -2.38. The molecule has 6 nitrogen and oxygen atoms in total. The van der Waals surface area contributed by atoms with Gasteiger partial charge in [0, 0.05) is 27.1 Å². The fourth-order valence-corrected chi connectivity index (χ4v) is 3.36. The van der Waals surface area contributed by atoms with Gasteiger partial charge in [0.1, 0.15) is 5.75 Å². The Morgan fingerprint density at radius 1 is 1.00 bits per heavy atom. The Kier molecular flexibility index (Phi) is 7.38. The van der Waals surface area contributed by atoms with Crippen LogP contribution in [0, 0.1) is 0 Å². The lowest BCUT2D eigenvalue weighted by molar-refractivity contribution is -0.121. The Bertz CT molecular complexity index is 845. The second-order valence-electron chi connectivity index (χ2n) is 6.29. The molecule has 2 aromatic carbocycles. The molecule has 0 aliphatic heterocycles. The predicted molar refractivity (Wildman–Crippen MR) is 105 cm³/mol. The van der Waals surface area contributed by atoms with Crippen molar-refractivity contribution < 1.29 is 17.9 Å². The topological polar surface area (TPSA) is 75.7 Å². The van der Waals surface area contributed by atoms with Crippen molar-refractivity contribution in [3.63, 3.8) is 0 Å². The molecular formula is C20H26N2O4S. The Labute approximate surface area is 161 Å². The summed E-state index contributed by atoms with van der Waals surface area (Å²) in [6, 6.07) is 14.3. The number of amides is 1. The van der Waals surface area contributed by atoms with E-state index in [-0.39, 0.29) is 10.8 Å². The van der Waals surface area contributed by atoms with E-state index in [0.29, 0.717) is 26.0 Å². The first-order chi connectivity index (χ1) is 12.8. The molecule has 0 heterocycles. The average molecular weight is 391 g/mol. The van der Waals surface area contributed by atoms with E-state index in [1.54, 1.807) is 24.3 Å². The van der Waals surface area contributed by atoms with Crippen molar-refractivity contribution in [2.45, 2.75) is 31.2 Å². The fourth-order valence-electron chi connectivity index (χ4n) is 2.46. The lowest BCUT2D eigenvalue weighted by atomic mass is 10.1. The summed E-state index contributed by atoms with van der Waals surface area (Å²) in [5, 5.41) is 2.86. The Balaban J connectivity index is 1.81. The molecule has 0 aromatic heterocycles. The van der Waals surface area contributed by atoms with Crippen LogP contribution < -0.4 is 10.1 Å². The molecule has 27 heavy (non-hydrogen) atoms. The third kappa shape index (κ3) is 6.08. The van der Waals surface area contributed by atoms with E-state index in [2.05, 4.69) is 5.32 Å². The molecule has 0 atom stereocenters. The minimum Gasteiger partial charge on any atom is -0.494 e. The molecule has 0 bridgehead atoms.